The van der Waals surface area contributed by atoms with Gasteiger partial charge in [-0.1, -0.05) is 41.7 Å². The lowest BCUT2D eigenvalue weighted by atomic mass is 10.1. The van der Waals surface area contributed by atoms with E-state index in [9.17, 15) is 18.0 Å². The topological polar surface area (TPSA) is 99.6 Å². The molecule has 0 saturated carbocycles. The molecule has 0 fully saturated rings. The molecule has 0 saturated heterocycles. The van der Waals surface area contributed by atoms with Crippen molar-refractivity contribution < 1.29 is 18.0 Å². The summed E-state index contributed by atoms with van der Waals surface area (Å²) >= 11 is 1.53. The number of hydrogen-bond donors (Lipinski definition) is 1. The summed E-state index contributed by atoms with van der Waals surface area (Å²) in [7, 11) is 0. The Labute approximate surface area is 186 Å². The number of amidine groups is 2. The second-order valence-electron chi connectivity index (χ2n) is 6.48. The van der Waals surface area contributed by atoms with Crippen molar-refractivity contribution in [3.63, 3.8) is 0 Å². The summed E-state index contributed by atoms with van der Waals surface area (Å²) in [6.07, 6.45) is -1.61. The maximum absolute atomic E-state index is 13.0. The number of hydrogen-bond acceptors (Lipinski definition) is 7. The highest BCUT2D eigenvalue weighted by Crippen LogP contribution is 2.35. The van der Waals surface area contributed by atoms with Crippen LogP contribution in [0.15, 0.2) is 64.3 Å². The Hall–Kier alpha value is -3.58. The number of halogens is 3. The lowest BCUT2D eigenvalue weighted by molar-refractivity contribution is -0.114. The molecule has 0 spiro atoms. The smallest absolute Gasteiger partial charge is 0.292 e. The van der Waals surface area contributed by atoms with Crippen molar-refractivity contribution in [2.75, 3.05) is 0 Å². The summed E-state index contributed by atoms with van der Waals surface area (Å²) in [6, 6.07) is 12.9. The molecule has 2 aromatic heterocycles. The molecule has 5 rings (SSSR count). The Balaban J connectivity index is 1.48. The number of alkyl halides is 3. The Bertz CT molecular complexity index is 1340. The molecule has 13 heteroatoms. The third-order valence-corrected chi connectivity index (χ3v) is 6.34. The summed E-state index contributed by atoms with van der Waals surface area (Å²) in [5.41, 5.74) is 1.20. The number of nitrogens with one attached hydrogen (secondary N) is 1. The van der Waals surface area contributed by atoms with Gasteiger partial charge in [0.2, 0.25) is 15.3 Å². The molecule has 0 bridgehead atoms. The van der Waals surface area contributed by atoms with Crippen LogP contribution in [0.4, 0.5) is 13.2 Å². The van der Waals surface area contributed by atoms with E-state index in [1.165, 1.54) is 17.4 Å². The van der Waals surface area contributed by atoms with E-state index in [4.69, 9.17) is 5.41 Å². The monoisotopic (exact) mass is 473 g/mol. The van der Waals surface area contributed by atoms with Crippen LogP contribution in [0.25, 0.3) is 21.8 Å². The van der Waals surface area contributed by atoms with E-state index in [1.54, 1.807) is 22.9 Å². The van der Waals surface area contributed by atoms with Crippen molar-refractivity contribution >= 4 is 51.1 Å². The molecule has 8 nitrogen and oxygen atoms in total. The van der Waals surface area contributed by atoms with Gasteiger partial charge in [0, 0.05) is 17.5 Å². The maximum atomic E-state index is 13.0. The number of nitrogens with zero attached hydrogens (tertiary/aromatic N) is 6. The second-order valence-corrected chi connectivity index (χ2v) is 8.39. The predicted octanol–water partition coefficient (Wildman–Crippen LogP) is 4.18. The van der Waals surface area contributed by atoms with Gasteiger partial charge < -0.3 is 0 Å². The van der Waals surface area contributed by atoms with Gasteiger partial charge >= 0.3 is 6.18 Å². The quantitative estimate of drug-likeness (QED) is 0.576. The summed E-state index contributed by atoms with van der Waals surface area (Å²) in [6.45, 7) is 0. The Morgan fingerprint density at radius 3 is 2.59 bits per heavy atom. The SMILES string of the molecule is N=C1/C(=C/c2cccn2-c2nnc(-c3ccccc3)s2)C(=O)N=C2SC(C(F)(F)F)=NN12. The van der Waals surface area contributed by atoms with Gasteiger partial charge in [-0.25, -0.2) is 0 Å². The van der Waals surface area contributed by atoms with E-state index in [0.29, 0.717) is 20.8 Å². The number of rotatable bonds is 3. The van der Waals surface area contributed by atoms with E-state index >= 15 is 0 Å². The summed E-state index contributed by atoms with van der Waals surface area (Å²) in [4.78, 5) is 16.1. The van der Waals surface area contributed by atoms with Gasteiger partial charge in [-0.3, -0.25) is 14.8 Å². The van der Waals surface area contributed by atoms with Crippen molar-refractivity contribution in [3.05, 3.63) is 59.9 Å². The van der Waals surface area contributed by atoms with Crippen molar-refractivity contribution in [1.82, 2.24) is 19.8 Å². The standard InChI is InChI=1S/C19H10F3N7OS2/c20-19(21,22)16-27-29-13(23)12(14(30)24-17(29)32-16)9-11-7-4-8-28(11)18-26-25-15(31-18)10-5-2-1-3-6-10/h1-9,23H/b12-9-,23-13?. The number of fused-ring (bicyclic) bond motifs is 1. The average molecular weight is 473 g/mol. The number of amides is 1. The van der Waals surface area contributed by atoms with E-state index < -0.39 is 23.0 Å². The van der Waals surface area contributed by atoms with Crippen molar-refractivity contribution in [2.24, 2.45) is 10.1 Å². The van der Waals surface area contributed by atoms with Gasteiger partial charge in [0.1, 0.15) is 5.01 Å². The Morgan fingerprint density at radius 2 is 1.84 bits per heavy atom. The lowest BCUT2D eigenvalue weighted by Crippen LogP contribution is -2.35. The number of hydrazone groups is 1. The van der Waals surface area contributed by atoms with Crippen molar-refractivity contribution in [2.45, 2.75) is 6.18 Å². The minimum atomic E-state index is -4.69. The van der Waals surface area contributed by atoms with E-state index in [2.05, 4.69) is 20.3 Å². The molecule has 0 radical (unpaired) electrons. The van der Waals surface area contributed by atoms with Crippen LogP contribution in [0, 0.1) is 5.41 Å². The molecule has 3 aromatic rings. The van der Waals surface area contributed by atoms with E-state index in [1.807, 2.05) is 30.3 Å². The van der Waals surface area contributed by atoms with Crippen molar-refractivity contribution in [1.29, 1.82) is 5.41 Å². The van der Waals surface area contributed by atoms with Gasteiger partial charge in [-0.15, -0.1) is 10.2 Å². The zero-order valence-electron chi connectivity index (χ0n) is 15.7. The molecule has 160 valence electrons. The highest BCUT2D eigenvalue weighted by molar-refractivity contribution is 8.27. The normalized spacial score (nSPS) is 17.6. The number of benzene rings is 1. The van der Waals surface area contributed by atoms with Crippen LogP contribution < -0.4 is 0 Å². The van der Waals surface area contributed by atoms with Gasteiger partial charge in [0.15, 0.2) is 5.84 Å². The maximum Gasteiger partial charge on any atom is 0.441 e. The first-order valence-corrected chi connectivity index (χ1v) is 10.6. The molecule has 0 atom stereocenters. The lowest BCUT2D eigenvalue weighted by Gasteiger charge is -2.20. The first-order valence-electron chi connectivity index (χ1n) is 8.95. The van der Waals surface area contributed by atoms with Gasteiger partial charge in [-0.2, -0.15) is 28.3 Å². The van der Waals surface area contributed by atoms with E-state index in [-0.39, 0.29) is 22.5 Å². The van der Waals surface area contributed by atoms with Crippen LogP contribution in [0.5, 0.6) is 0 Å². The highest BCUT2D eigenvalue weighted by atomic mass is 32.2. The molecule has 2 aliphatic rings. The number of aliphatic imine (C=N–C) groups is 1. The van der Waals surface area contributed by atoms with Gasteiger partial charge in [0.25, 0.3) is 5.91 Å². The van der Waals surface area contributed by atoms with Crippen LogP contribution >= 0.6 is 23.1 Å². The molecule has 0 unspecified atom stereocenters. The minimum absolute atomic E-state index is 0.186. The van der Waals surface area contributed by atoms with Crippen LogP contribution in [-0.2, 0) is 4.79 Å². The third-order valence-electron chi connectivity index (χ3n) is 4.41. The molecule has 1 N–H and O–H groups in total. The predicted molar refractivity (Wildman–Crippen MR) is 116 cm³/mol. The fourth-order valence-corrected chi connectivity index (χ4v) is 4.56. The molecular weight excluding hydrogens is 463 g/mol. The third kappa shape index (κ3) is 3.54. The summed E-state index contributed by atoms with van der Waals surface area (Å²) in [5.74, 6) is -1.30. The molecule has 1 aromatic carbocycles. The largest absolute Gasteiger partial charge is 0.441 e. The van der Waals surface area contributed by atoms with Crippen LogP contribution in [0.1, 0.15) is 5.69 Å². The number of aromatic nitrogens is 3. The molecule has 4 heterocycles. The van der Waals surface area contributed by atoms with Crippen LogP contribution in [-0.4, -0.2) is 47.9 Å². The summed E-state index contributed by atoms with van der Waals surface area (Å²) < 4.78 is 40.6. The van der Waals surface area contributed by atoms with Crippen LogP contribution in [0.3, 0.4) is 0 Å². The van der Waals surface area contributed by atoms with Gasteiger partial charge in [-0.05, 0) is 30.0 Å². The number of carbonyl (C=O) groups excluding carboxylic acids is 1. The summed E-state index contributed by atoms with van der Waals surface area (Å²) in [5, 5.41) is 20.5. The second kappa shape index (κ2) is 7.53. The zero-order valence-corrected chi connectivity index (χ0v) is 17.4. The molecule has 2 aliphatic heterocycles. The minimum Gasteiger partial charge on any atom is -0.292 e. The molecule has 1 amide bonds. The van der Waals surface area contributed by atoms with E-state index in [0.717, 1.165) is 5.56 Å². The average Bonchev–Trinajstić information content (AvgIpc) is 3.50. The molecule has 32 heavy (non-hydrogen) atoms. The zero-order chi connectivity index (χ0) is 22.5. The fourth-order valence-electron chi connectivity index (χ4n) is 2.95. The van der Waals surface area contributed by atoms with Gasteiger partial charge in [0.05, 0.1) is 5.57 Å². The Morgan fingerprint density at radius 1 is 1.06 bits per heavy atom. The highest BCUT2D eigenvalue weighted by Gasteiger charge is 2.46. The van der Waals surface area contributed by atoms with Crippen LogP contribution in [0.2, 0.25) is 0 Å². The fraction of sp³-hybridized carbons (Fsp3) is 0.0526. The Kier molecular flexibility index (Phi) is 4.78. The first-order chi connectivity index (χ1) is 15.3. The number of carbonyl (C=O) groups is 1. The molecule has 0 aliphatic carbocycles. The number of thioether (sulfide) groups is 1. The molecular formula is C19H10F3N7OS2. The first kappa shape index (κ1) is 20.3. The van der Waals surface area contributed by atoms with Crippen molar-refractivity contribution in [3.8, 4) is 15.7 Å².